The van der Waals surface area contributed by atoms with Gasteiger partial charge in [0, 0.05) is 32.4 Å². The summed E-state index contributed by atoms with van der Waals surface area (Å²) in [4.78, 5) is 13.5. The zero-order valence-electron chi connectivity index (χ0n) is 17.5. The van der Waals surface area contributed by atoms with E-state index in [9.17, 15) is 9.90 Å². The number of unbranched alkanes of at least 4 members (excludes halogenated alkanes) is 1. The van der Waals surface area contributed by atoms with Crippen LogP contribution in [0.15, 0.2) is 74.0 Å². The summed E-state index contributed by atoms with van der Waals surface area (Å²) in [5.74, 6) is 0.777. The Morgan fingerprint density at radius 2 is 1.75 bits per heavy atom. The molecule has 4 nitrogen and oxygen atoms in total. The van der Waals surface area contributed by atoms with Crippen LogP contribution < -0.4 is 4.74 Å². The van der Waals surface area contributed by atoms with Gasteiger partial charge in [0.2, 0.25) is 0 Å². The lowest BCUT2D eigenvalue weighted by molar-refractivity contribution is 0.103. The van der Waals surface area contributed by atoms with Gasteiger partial charge in [-0.2, -0.15) is 0 Å². The smallest absolute Gasteiger partial charge is 0.197 e. The van der Waals surface area contributed by atoms with Gasteiger partial charge in [0.05, 0.1) is 5.56 Å². The number of carbonyl (C=O) groups excluding carboxylic acids is 1. The van der Waals surface area contributed by atoms with E-state index in [2.05, 4.69) is 38.8 Å². The van der Waals surface area contributed by atoms with Crippen LogP contribution in [0.4, 0.5) is 0 Å². The zero-order valence-corrected chi connectivity index (χ0v) is 20.7. The average Bonchev–Trinajstić information content (AvgIpc) is 3.12. The van der Waals surface area contributed by atoms with E-state index in [1.807, 2.05) is 36.4 Å². The van der Waals surface area contributed by atoms with Gasteiger partial charge in [-0.15, -0.1) is 0 Å². The number of hydrogen-bond acceptors (Lipinski definition) is 4. The van der Waals surface area contributed by atoms with Crippen LogP contribution in [-0.2, 0) is 13.0 Å². The number of furan rings is 1. The monoisotopic (exact) mass is 556 g/mol. The van der Waals surface area contributed by atoms with E-state index in [4.69, 9.17) is 9.15 Å². The molecule has 0 saturated carbocycles. The van der Waals surface area contributed by atoms with Crippen LogP contribution in [0, 0.1) is 0 Å². The number of phenols is 1. The molecule has 0 aliphatic rings. The Hall–Kier alpha value is -2.57. The highest BCUT2D eigenvalue weighted by Gasteiger charge is 2.24. The Kier molecular flexibility index (Phi) is 7.01. The molecular weight excluding hydrogens is 536 g/mol. The second-order valence-corrected chi connectivity index (χ2v) is 9.41. The maximum Gasteiger partial charge on any atom is 0.197 e. The predicted octanol–water partition coefficient (Wildman–Crippen LogP) is 7.82. The van der Waals surface area contributed by atoms with Crippen LogP contribution in [0.3, 0.4) is 0 Å². The van der Waals surface area contributed by atoms with Crippen molar-refractivity contribution in [2.24, 2.45) is 0 Å². The van der Waals surface area contributed by atoms with Crippen LogP contribution in [0.25, 0.3) is 11.0 Å². The molecule has 32 heavy (non-hydrogen) atoms. The predicted molar refractivity (Wildman–Crippen MR) is 133 cm³/mol. The molecule has 0 aliphatic carbocycles. The van der Waals surface area contributed by atoms with Gasteiger partial charge in [-0.1, -0.05) is 75.5 Å². The fourth-order valence-corrected chi connectivity index (χ4v) is 4.90. The van der Waals surface area contributed by atoms with Gasteiger partial charge in [0.15, 0.2) is 17.3 Å². The van der Waals surface area contributed by atoms with Gasteiger partial charge in [0.1, 0.15) is 18.0 Å². The quantitative estimate of drug-likeness (QED) is 0.224. The minimum Gasteiger partial charge on any atom is -0.504 e. The van der Waals surface area contributed by atoms with Crippen LogP contribution in [0.2, 0.25) is 0 Å². The molecule has 0 amide bonds. The molecule has 0 unspecified atom stereocenters. The van der Waals surface area contributed by atoms with E-state index >= 15 is 0 Å². The van der Waals surface area contributed by atoms with Crippen molar-refractivity contribution in [2.45, 2.75) is 32.8 Å². The number of hydrogen-bond donors (Lipinski definition) is 1. The molecule has 4 aromatic rings. The number of phenolic OH excluding ortho intramolecular Hbond substituents is 1. The second-order valence-electron chi connectivity index (χ2n) is 7.58. The Morgan fingerprint density at radius 1 is 1.03 bits per heavy atom. The molecule has 0 radical (unpaired) electrons. The van der Waals surface area contributed by atoms with Crippen molar-refractivity contribution in [3.05, 3.63) is 92.1 Å². The number of fused-ring (bicyclic) bond motifs is 1. The highest BCUT2D eigenvalue weighted by molar-refractivity contribution is 9.11. The van der Waals surface area contributed by atoms with Crippen molar-refractivity contribution in [2.75, 3.05) is 0 Å². The Morgan fingerprint density at radius 3 is 2.44 bits per heavy atom. The van der Waals surface area contributed by atoms with Crippen molar-refractivity contribution in [1.82, 2.24) is 0 Å². The third-order valence-corrected chi connectivity index (χ3v) is 6.10. The normalized spacial score (nSPS) is 11.1. The van der Waals surface area contributed by atoms with Gasteiger partial charge in [-0.3, -0.25) is 4.79 Å². The number of aryl methyl sites for hydroxylation is 1. The van der Waals surface area contributed by atoms with E-state index < -0.39 is 0 Å². The molecule has 1 heterocycles. The largest absolute Gasteiger partial charge is 0.504 e. The third kappa shape index (κ3) is 4.92. The van der Waals surface area contributed by atoms with Crippen molar-refractivity contribution in [3.63, 3.8) is 0 Å². The number of ether oxygens (including phenoxy) is 1. The maximum absolute atomic E-state index is 13.5. The summed E-state index contributed by atoms with van der Waals surface area (Å²) >= 11 is 6.90. The van der Waals surface area contributed by atoms with Crippen LogP contribution in [-0.4, -0.2) is 10.9 Å². The molecule has 3 aromatic carbocycles. The molecule has 164 valence electrons. The third-order valence-electron chi connectivity index (χ3n) is 5.19. The standard InChI is InChI=1S/C26H22Br2O4/c1-2-3-9-22-25(26(30)17-10-18(27)12-19(28)11-17)20-13-21(29)24(14-23(20)32-22)31-15-16-7-5-4-6-8-16/h4-8,10-14,29H,2-3,9,15H2,1H3. The van der Waals surface area contributed by atoms with Gasteiger partial charge in [-0.05, 0) is 36.2 Å². The fourth-order valence-electron chi connectivity index (χ4n) is 3.61. The van der Waals surface area contributed by atoms with E-state index in [-0.39, 0.29) is 11.5 Å². The van der Waals surface area contributed by atoms with Crippen molar-refractivity contribution >= 4 is 48.6 Å². The lowest BCUT2D eigenvalue weighted by Gasteiger charge is -2.08. The molecule has 0 fully saturated rings. The molecule has 0 saturated heterocycles. The SMILES string of the molecule is CCCCc1oc2cc(OCc3ccccc3)c(O)cc2c1C(=O)c1cc(Br)cc(Br)c1. The summed E-state index contributed by atoms with van der Waals surface area (Å²) < 4.78 is 13.6. The summed E-state index contributed by atoms with van der Waals surface area (Å²) in [5.41, 5.74) is 2.54. The molecule has 4 rings (SSSR count). The van der Waals surface area contributed by atoms with E-state index in [0.717, 1.165) is 27.4 Å². The zero-order chi connectivity index (χ0) is 22.7. The molecule has 6 heteroatoms. The summed E-state index contributed by atoms with van der Waals surface area (Å²) in [7, 11) is 0. The van der Waals surface area contributed by atoms with Crippen LogP contribution >= 0.6 is 31.9 Å². The fraction of sp³-hybridized carbons (Fsp3) is 0.192. The van der Waals surface area contributed by atoms with Crippen LogP contribution in [0.5, 0.6) is 11.5 Å². The van der Waals surface area contributed by atoms with Gasteiger partial charge >= 0.3 is 0 Å². The van der Waals surface area contributed by atoms with Crippen molar-refractivity contribution < 1.29 is 19.1 Å². The lowest BCUT2D eigenvalue weighted by atomic mass is 9.98. The summed E-state index contributed by atoms with van der Waals surface area (Å²) in [5, 5.41) is 11.2. The minimum absolute atomic E-state index is 0.0271. The first-order chi connectivity index (χ1) is 15.5. The van der Waals surface area contributed by atoms with Crippen LogP contribution in [0.1, 0.15) is 47.0 Å². The Bertz CT molecular complexity index is 1240. The Balaban J connectivity index is 1.75. The number of carbonyl (C=O) groups is 1. The van der Waals surface area contributed by atoms with Gasteiger partial charge < -0.3 is 14.3 Å². The highest BCUT2D eigenvalue weighted by atomic mass is 79.9. The second kappa shape index (κ2) is 9.92. The molecule has 0 spiro atoms. The van der Waals surface area contributed by atoms with E-state index in [1.165, 1.54) is 0 Å². The molecule has 0 atom stereocenters. The lowest BCUT2D eigenvalue weighted by Crippen LogP contribution is -2.04. The molecule has 0 bridgehead atoms. The first-order valence-corrected chi connectivity index (χ1v) is 12.0. The van der Waals surface area contributed by atoms with Gasteiger partial charge in [0.25, 0.3) is 0 Å². The molecule has 1 aromatic heterocycles. The molecule has 0 aliphatic heterocycles. The minimum atomic E-state index is -0.144. The maximum atomic E-state index is 13.5. The summed E-state index contributed by atoms with van der Waals surface area (Å²) in [6.07, 6.45) is 2.51. The summed E-state index contributed by atoms with van der Waals surface area (Å²) in [6, 6.07) is 18.4. The van der Waals surface area contributed by atoms with Crippen molar-refractivity contribution in [3.8, 4) is 11.5 Å². The number of aromatic hydroxyl groups is 1. The molecular formula is C26H22Br2O4. The van der Waals surface area contributed by atoms with E-state index in [1.54, 1.807) is 24.3 Å². The number of halogens is 2. The number of ketones is 1. The van der Waals surface area contributed by atoms with E-state index in [0.29, 0.717) is 46.6 Å². The first-order valence-electron chi connectivity index (χ1n) is 10.4. The number of rotatable bonds is 8. The molecule has 1 N–H and O–H groups in total. The first kappa shape index (κ1) is 22.6. The average molecular weight is 558 g/mol. The summed E-state index contributed by atoms with van der Waals surface area (Å²) in [6.45, 7) is 2.41. The van der Waals surface area contributed by atoms with Crippen molar-refractivity contribution in [1.29, 1.82) is 0 Å². The topological polar surface area (TPSA) is 59.7 Å². The Labute approximate surface area is 203 Å². The number of benzene rings is 3. The highest BCUT2D eigenvalue weighted by Crippen LogP contribution is 2.38. The van der Waals surface area contributed by atoms with Gasteiger partial charge in [-0.25, -0.2) is 0 Å².